The first-order valence-corrected chi connectivity index (χ1v) is 6.16. The number of hydrogen-bond acceptors (Lipinski definition) is 4. The summed E-state index contributed by atoms with van der Waals surface area (Å²) in [6.07, 6.45) is 0.571. The molecule has 100 valence electrons. The van der Waals surface area contributed by atoms with E-state index in [1.807, 2.05) is 30.3 Å². The zero-order chi connectivity index (χ0) is 12.8. The molecule has 1 aromatic carbocycles. The molecule has 1 aliphatic rings. The normalized spacial score (nSPS) is 27.6. The summed E-state index contributed by atoms with van der Waals surface area (Å²) in [5, 5.41) is 0. The molecule has 0 unspecified atom stereocenters. The van der Waals surface area contributed by atoms with E-state index in [1.54, 1.807) is 14.2 Å². The molecule has 1 aromatic rings. The molecule has 0 N–H and O–H groups in total. The van der Waals surface area contributed by atoms with Crippen LogP contribution in [-0.2, 0) is 25.6 Å². The molecule has 2 rings (SSSR count). The van der Waals surface area contributed by atoms with Gasteiger partial charge in [0.1, 0.15) is 6.10 Å². The maximum Gasteiger partial charge on any atom is 0.160 e. The highest BCUT2D eigenvalue weighted by Crippen LogP contribution is 2.23. The molecule has 4 heteroatoms. The summed E-state index contributed by atoms with van der Waals surface area (Å²) in [6.45, 7) is 1.11. The number of benzene rings is 1. The quantitative estimate of drug-likeness (QED) is 0.775. The molecule has 18 heavy (non-hydrogen) atoms. The van der Waals surface area contributed by atoms with Crippen molar-refractivity contribution >= 4 is 0 Å². The van der Waals surface area contributed by atoms with Crippen molar-refractivity contribution in [3.05, 3.63) is 35.9 Å². The fourth-order valence-corrected chi connectivity index (χ4v) is 2.09. The lowest BCUT2D eigenvalue weighted by Crippen LogP contribution is -2.28. The van der Waals surface area contributed by atoms with E-state index in [1.165, 1.54) is 0 Å². The van der Waals surface area contributed by atoms with Crippen LogP contribution in [0.3, 0.4) is 0 Å². The van der Waals surface area contributed by atoms with Crippen molar-refractivity contribution < 1.29 is 18.9 Å². The standard InChI is InChI=1S/C14H20O4/c1-15-12-8-14(16-2)18-13(12)10-17-9-11-6-4-3-5-7-11/h3-7,12-14H,8-10H2,1-2H3/t12-,13-,14-/m1/s1. The van der Waals surface area contributed by atoms with Crippen LogP contribution >= 0.6 is 0 Å². The van der Waals surface area contributed by atoms with Gasteiger partial charge in [-0.1, -0.05) is 30.3 Å². The molecule has 4 nitrogen and oxygen atoms in total. The van der Waals surface area contributed by atoms with Gasteiger partial charge in [0.25, 0.3) is 0 Å². The van der Waals surface area contributed by atoms with E-state index in [9.17, 15) is 0 Å². The predicted octanol–water partition coefficient (Wildman–Crippen LogP) is 1.98. The number of methoxy groups -OCH3 is 2. The fraction of sp³-hybridized carbons (Fsp3) is 0.571. The molecular weight excluding hydrogens is 232 g/mol. The van der Waals surface area contributed by atoms with Gasteiger partial charge < -0.3 is 18.9 Å². The van der Waals surface area contributed by atoms with Crippen LogP contribution in [0.5, 0.6) is 0 Å². The first kappa shape index (κ1) is 13.5. The molecule has 0 saturated carbocycles. The SMILES string of the molecule is CO[C@H]1C[C@@H](OC)[C@@H](COCc2ccccc2)O1. The molecule has 0 bridgehead atoms. The zero-order valence-electron chi connectivity index (χ0n) is 10.9. The van der Waals surface area contributed by atoms with Gasteiger partial charge in [0.05, 0.1) is 19.3 Å². The lowest BCUT2D eigenvalue weighted by atomic mass is 10.2. The summed E-state index contributed by atoms with van der Waals surface area (Å²) >= 11 is 0. The van der Waals surface area contributed by atoms with Crippen LogP contribution in [0.15, 0.2) is 30.3 Å². The minimum absolute atomic E-state index is 0.0470. The number of hydrogen-bond donors (Lipinski definition) is 0. The Hall–Kier alpha value is -0.940. The predicted molar refractivity (Wildman–Crippen MR) is 67.2 cm³/mol. The van der Waals surface area contributed by atoms with Gasteiger partial charge in [-0.25, -0.2) is 0 Å². The van der Waals surface area contributed by atoms with E-state index >= 15 is 0 Å². The van der Waals surface area contributed by atoms with Crippen molar-refractivity contribution in [1.29, 1.82) is 0 Å². The highest BCUT2D eigenvalue weighted by Gasteiger charge is 2.35. The van der Waals surface area contributed by atoms with E-state index in [0.717, 1.165) is 12.0 Å². The lowest BCUT2D eigenvalue weighted by Gasteiger charge is -2.16. The highest BCUT2D eigenvalue weighted by molar-refractivity contribution is 5.13. The third kappa shape index (κ3) is 3.53. The van der Waals surface area contributed by atoms with Crippen LogP contribution in [0.1, 0.15) is 12.0 Å². The van der Waals surface area contributed by atoms with Crippen molar-refractivity contribution in [2.45, 2.75) is 31.5 Å². The minimum atomic E-state index is -0.180. The molecule has 0 amide bonds. The lowest BCUT2D eigenvalue weighted by molar-refractivity contribution is -0.135. The molecule has 0 spiro atoms. The van der Waals surface area contributed by atoms with Crippen LogP contribution in [0.25, 0.3) is 0 Å². The zero-order valence-corrected chi connectivity index (χ0v) is 10.9. The van der Waals surface area contributed by atoms with E-state index < -0.39 is 0 Å². The second kappa shape index (κ2) is 6.85. The van der Waals surface area contributed by atoms with Gasteiger partial charge in [0, 0.05) is 20.6 Å². The topological polar surface area (TPSA) is 36.9 Å². The molecule has 1 saturated heterocycles. The molecule has 1 heterocycles. The summed E-state index contributed by atoms with van der Waals surface area (Å²) in [7, 11) is 3.33. The Kier molecular flexibility index (Phi) is 5.13. The monoisotopic (exact) mass is 252 g/mol. The first-order chi connectivity index (χ1) is 8.83. The summed E-state index contributed by atoms with van der Waals surface area (Å²) in [5.74, 6) is 0. The Morgan fingerprint density at radius 3 is 2.61 bits per heavy atom. The largest absolute Gasteiger partial charge is 0.378 e. The molecule has 0 radical (unpaired) electrons. The Bertz CT molecular complexity index is 341. The van der Waals surface area contributed by atoms with Crippen molar-refractivity contribution in [3.8, 4) is 0 Å². The molecule has 3 atom stereocenters. The van der Waals surface area contributed by atoms with Gasteiger partial charge in [-0.15, -0.1) is 0 Å². The Labute approximate surface area is 108 Å². The van der Waals surface area contributed by atoms with Crippen molar-refractivity contribution in [3.63, 3.8) is 0 Å². The average molecular weight is 252 g/mol. The van der Waals surface area contributed by atoms with Gasteiger partial charge in [0.15, 0.2) is 6.29 Å². The molecular formula is C14H20O4. The van der Waals surface area contributed by atoms with Crippen LogP contribution in [0.4, 0.5) is 0 Å². The van der Waals surface area contributed by atoms with Gasteiger partial charge in [0.2, 0.25) is 0 Å². The first-order valence-electron chi connectivity index (χ1n) is 6.16. The third-order valence-corrected chi connectivity index (χ3v) is 3.13. The van der Waals surface area contributed by atoms with Crippen LogP contribution in [0.2, 0.25) is 0 Å². The number of ether oxygens (including phenoxy) is 4. The minimum Gasteiger partial charge on any atom is -0.378 e. The van der Waals surface area contributed by atoms with Gasteiger partial charge >= 0.3 is 0 Å². The smallest absolute Gasteiger partial charge is 0.160 e. The Balaban J connectivity index is 1.76. The summed E-state index contributed by atoms with van der Waals surface area (Å²) in [6, 6.07) is 10.1. The van der Waals surface area contributed by atoms with Crippen molar-refractivity contribution in [2.75, 3.05) is 20.8 Å². The highest BCUT2D eigenvalue weighted by atomic mass is 16.7. The summed E-state index contributed by atoms with van der Waals surface area (Å²) < 4.78 is 21.9. The Morgan fingerprint density at radius 2 is 1.94 bits per heavy atom. The van der Waals surface area contributed by atoms with Gasteiger partial charge in [-0.2, -0.15) is 0 Å². The van der Waals surface area contributed by atoms with Crippen LogP contribution in [-0.4, -0.2) is 39.3 Å². The van der Waals surface area contributed by atoms with Crippen molar-refractivity contribution in [2.24, 2.45) is 0 Å². The number of rotatable bonds is 6. The van der Waals surface area contributed by atoms with Gasteiger partial charge in [-0.3, -0.25) is 0 Å². The third-order valence-electron chi connectivity index (χ3n) is 3.13. The van der Waals surface area contributed by atoms with E-state index in [2.05, 4.69) is 0 Å². The van der Waals surface area contributed by atoms with Crippen LogP contribution in [0, 0.1) is 0 Å². The van der Waals surface area contributed by atoms with E-state index in [0.29, 0.717) is 13.2 Å². The maximum atomic E-state index is 5.68. The average Bonchev–Trinajstić information content (AvgIpc) is 2.82. The maximum absolute atomic E-state index is 5.68. The summed E-state index contributed by atoms with van der Waals surface area (Å²) in [5.41, 5.74) is 1.16. The fourth-order valence-electron chi connectivity index (χ4n) is 2.09. The molecule has 0 aromatic heterocycles. The van der Waals surface area contributed by atoms with Crippen LogP contribution < -0.4 is 0 Å². The van der Waals surface area contributed by atoms with Crippen molar-refractivity contribution in [1.82, 2.24) is 0 Å². The second-order valence-electron chi connectivity index (χ2n) is 4.35. The molecule has 0 aliphatic carbocycles. The molecule has 1 fully saturated rings. The van der Waals surface area contributed by atoms with Gasteiger partial charge in [-0.05, 0) is 5.56 Å². The van der Waals surface area contributed by atoms with E-state index in [-0.39, 0.29) is 18.5 Å². The summed E-state index contributed by atoms with van der Waals surface area (Å²) in [4.78, 5) is 0. The van der Waals surface area contributed by atoms with E-state index in [4.69, 9.17) is 18.9 Å². The molecule has 1 aliphatic heterocycles. The second-order valence-corrected chi connectivity index (χ2v) is 4.35. The Morgan fingerprint density at radius 1 is 1.17 bits per heavy atom.